The van der Waals surface area contributed by atoms with Crippen LogP contribution in [0.4, 0.5) is 0 Å². The fraction of sp³-hybridized carbons (Fsp3) is 0.647. The van der Waals surface area contributed by atoms with Crippen molar-refractivity contribution in [2.24, 2.45) is 0 Å². The van der Waals surface area contributed by atoms with Gasteiger partial charge < -0.3 is 12.3 Å². The minimum atomic E-state index is -0.722. The van der Waals surface area contributed by atoms with Gasteiger partial charge in [0, 0.05) is 13.2 Å². The van der Waals surface area contributed by atoms with E-state index in [1.807, 2.05) is 13.8 Å². The fourth-order valence-electron chi connectivity index (χ4n) is 4.35. The first-order valence-electron chi connectivity index (χ1n) is 14.2. The lowest BCUT2D eigenvalue weighted by molar-refractivity contribution is 0.162. The minimum Gasteiger partial charge on any atom is -0.615 e. The molecule has 0 heterocycles. The van der Waals surface area contributed by atoms with Crippen molar-refractivity contribution in [3.63, 3.8) is 0 Å². The molecular formula is C34H56AlO3. The van der Waals surface area contributed by atoms with Crippen LogP contribution in [0.15, 0.2) is 24.3 Å². The molecule has 2 rings (SSSR count). The number of benzene rings is 2. The highest BCUT2D eigenvalue weighted by atomic mass is 27.2. The highest BCUT2D eigenvalue weighted by molar-refractivity contribution is 6.21. The van der Waals surface area contributed by atoms with Gasteiger partial charge in [-0.1, -0.05) is 118 Å². The van der Waals surface area contributed by atoms with E-state index in [0.717, 1.165) is 24.7 Å². The van der Waals surface area contributed by atoms with E-state index >= 15 is 0 Å². The molecule has 0 aliphatic heterocycles. The fourth-order valence-corrected chi connectivity index (χ4v) is 5.10. The van der Waals surface area contributed by atoms with E-state index in [-0.39, 0.29) is 21.7 Å². The molecule has 38 heavy (non-hydrogen) atoms. The summed E-state index contributed by atoms with van der Waals surface area (Å²) in [6.45, 7) is 37.1. The van der Waals surface area contributed by atoms with Crippen LogP contribution in [0.25, 0.3) is 0 Å². The topological polar surface area (TPSA) is 27.7 Å². The third-order valence-electron chi connectivity index (χ3n) is 6.44. The van der Waals surface area contributed by atoms with Crippen molar-refractivity contribution in [3.05, 3.63) is 57.6 Å². The van der Waals surface area contributed by atoms with Crippen molar-refractivity contribution in [2.45, 2.75) is 132 Å². The summed E-state index contributed by atoms with van der Waals surface area (Å²) in [5, 5.41) is 0. The van der Waals surface area contributed by atoms with Crippen LogP contribution in [0.3, 0.4) is 0 Å². The second kappa shape index (κ2) is 13.3. The normalized spacial score (nSPS) is 12.5. The predicted molar refractivity (Wildman–Crippen MR) is 166 cm³/mol. The van der Waals surface area contributed by atoms with Gasteiger partial charge in [-0.3, -0.25) is 0 Å². The molecule has 0 aromatic heterocycles. The molecule has 213 valence electrons. The maximum atomic E-state index is 6.61. The summed E-state index contributed by atoms with van der Waals surface area (Å²) in [6, 6.07) is 9.10. The zero-order valence-corrected chi connectivity index (χ0v) is 28.7. The minimum absolute atomic E-state index is 0.0161. The summed E-state index contributed by atoms with van der Waals surface area (Å²) in [5.74, 6) is 2.00. The van der Waals surface area contributed by atoms with Gasteiger partial charge in [-0.2, -0.15) is 0 Å². The Morgan fingerprint density at radius 1 is 0.500 bits per heavy atom. The summed E-state index contributed by atoms with van der Waals surface area (Å²) in [5.41, 5.74) is 7.48. The molecule has 0 N–H and O–H groups in total. The van der Waals surface area contributed by atoms with Crippen molar-refractivity contribution in [1.82, 2.24) is 0 Å². The number of hydrogen-bond acceptors (Lipinski definition) is 3. The van der Waals surface area contributed by atoms with Crippen molar-refractivity contribution < 1.29 is 12.3 Å². The lowest BCUT2D eigenvalue weighted by Crippen LogP contribution is -2.25. The molecule has 0 spiro atoms. The first-order valence-corrected chi connectivity index (χ1v) is 15.1. The summed E-state index contributed by atoms with van der Waals surface area (Å²) in [6.07, 6.45) is 0. The SMILES string of the molecule is CCOCC.Cc1cc(C(C)(C)C)c([O][Al][O]c2c(C(C)(C)C)cc(C)cc2C(C)(C)C)c(C(C)(C)C)c1. The molecule has 0 aliphatic rings. The number of hydrogen-bond donors (Lipinski definition) is 0. The Morgan fingerprint density at radius 2 is 0.737 bits per heavy atom. The van der Waals surface area contributed by atoms with Crippen LogP contribution in [0.2, 0.25) is 0 Å². The van der Waals surface area contributed by atoms with Gasteiger partial charge in [-0.05, 0) is 71.6 Å². The largest absolute Gasteiger partial charge is 0.881 e. The Labute approximate surface area is 242 Å². The molecule has 0 amide bonds. The smallest absolute Gasteiger partial charge is 0.615 e. The van der Waals surface area contributed by atoms with Gasteiger partial charge in [0.15, 0.2) is 0 Å². The van der Waals surface area contributed by atoms with Gasteiger partial charge in [0.25, 0.3) is 0 Å². The molecule has 0 atom stereocenters. The molecule has 0 fully saturated rings. The summed E-state index contributed by atoms with van der Waals surface area (Å²) < 4.78 is 18.0. The first kappa shape index (κ1) is 34.6. The molecule has 0 saturated heterocycles. The summed E-state index contributed by atoms with van der Waals surface area (Å²) >= 11 is -0.722. The van der Waals surface area contributed by atoms with E-state index in [2.05, 4.69) is 121 Å². The average molecular weight is 540 g/mol. The molecular weight excluding hydrogens is 483 g/mol. The molecule has 2 aromatic rings. The molecule has 2 aromatic carbocycles. The van der Waals surface area contributed by atoms with E-state index in [0.29, 0.717) is 0 Å². The summed E-state index contributed by atoms with van der Waals surface area (Å²) in [7, 11) is 0. The number of ether oxygens (including phenoxy) is 1. The molecule has 0 saturated carbocycles. The maximum absolute atomic E-state index is 6.61. The third-order valence-corrected chi connectivity index (χ3v) is 7.10. The highest BCUT2D eigenvalue weighted by Crippen LogP contribution is 2.42. The zero-order chi connectivity index (χ0) is 29.7. The molecule has 4 heteroatoms. The van der Waals surface area contributed by atoms with Crippen LogP contribution in [0.1, 0.15) is 130 Å². The van der Waals surface area contributed by atoms with E-state index in [4.69, 9.17) is 12.3 Å². The van der Waals surface area contributed by atoms with Gasteiger partial charge in [0.2, 0.25) is 0 Å². The lowest BCUT2D eigenvalue weighted by Gasteiger charge is -2.33. The lowest BCUT2D eigenvalue weighted by atomic mass is 9.78. The Hall–Kier alpha value is -1.47. The third kappa shape index (κ3) is 9.93. The first-order chi connectivity index (χ1) is 17.1. The zero-order valence-electron chi connectivity index (χ0n) is 27.5. The molecule has 0 unspecified atom stereocenters. The highest BCUT2D eigenvalue weighted by Gasteiger charge is 2.31. The second-order valence-electron chi connectivity index (χ2n) is 14.5. The van der Waals surface area contributed by atoms with E-state index in [1.165, 1.54) is 33.4 Å². The standard InChI is InChI=1S/2C15H24O.C4H10O.Al/c2*1-10-8-11(14(2,3)4)13(16)12(9-10)15(5,6)7;1-3-5-4-2;/h2*8-9,16H,1-7H3;3-4H2,1-2H3;/q;;;+2/p-2. The number of aryl methyl sites for hydroxylation is 2. The van der Waals surface area contributed by atoms with E-state index < -0.39 is 15.9 Å². The van der Waals surface area contributed by atoms with Crippen LogP contribution in [-0.2, 0) is 26.4 Å². The van der Waals surface area contributed by atoms with Crippen LogP contribution in [-0.4, -0.2) is 29.1 Å². The van der Waals surface area contributed by atoms with Crippen molar-refractivity contribution in [1.29, 1.82) is 0 Å². The van der Waals surface area contributed by atoms with Crippen LogP contribution >= 0.6 is 0 Å². The van der Waals surface area contributed by atoms with Crippen molar-refractivity contribution in [3.8, 4) is 11.5 Å². The Morgan fingerprint density at radius 3 is 0.895 bits per heavy atom. The predicted octanol–water partition coefficient (Wildman–Crippen LogP) is 9.53. The van der Waals surface area contributed by atoms with Gasteiger partial charge in [0.05, 0.1) is 11.5 Å². The average Bonchev–Trinajstić information content (AvgIpc) is 2.73. The van der Waals surface area contributed by atoms with Gasteiger partial charge in [-0.15, -0.1) is 0 Å². The Balaban J connectivity index is 0.00000132. The van der Waals surface area contributed by atoms with Crippen LogP contribution in [0, 0.1) is 13.8 Å². The monoisotopic (exact) mass is 539 g/mol. The van der Waals surface area contributed by atoms with Gasteiger partial charge in [0.1, 0.15) is 0 Å². The molecule has 3 nitrogen and oxygen atoms in total. The van der Waals surface area contributed by atoms with Crippen molar-refractivity contribution >= 4 is 15.9 Å². The summed E-state index contributed by atoms with van der Waals surface area (Å²) in [4.78, 5) is 0. The quantitative estimate of drug-likeness (QED) is 0.342. The number of rotatable bonds is 6. The molecule has 0 bridgehead atoms. The Kier molecular flexibility index (Phi) is 12.1. The van der Waals surface area contributed by atoms with Crippen LogP contribution in [0.5, 0.6) is 11.5 Å². The maximum Gasteiger partial charge on any atom is 0.881 e. The van der Waals surface area contributed by atoms with E-state index in [9.17, 15) is 0 Å². The second-order valence-corrected chi connectivity index (χ2v) is 15.2. The van der Waals surface area contributed by atoms with Gasteiger partial charge in [-0.25, -0.2) is 0 Å². The molecule has 1 radical (unpaired) electrons. The van der Waals surface area contributed by atoms with Crippen molar-refractivity contribution in [2.75, 3.05) is 13.2 Å². The van der Waals surface area contributed by atoms with E-state index in [1.54, 1.807) is 0 Å². The molecule has 0 aliphatic carbocycles. The Bertz CT molecular complexity index is 888. The van der Waals surface area contributed by atoms with Crippen LogP contribution < -0.4 is 7.58 Å². The van der Waals surface area contributed by atoms with Gasteiger partial charge >= 0.3 is 15.9 Å².